The monoisotopic (exact) mass is 247 g/mol. The minimum atomic E-state index is -0.842. The van der Waals surface area contributed by atoms with Gasteiger partial charge in [0.2, 0.25) is 0 Å². The van der Waals surface area contributed by atoms with Crippen molar-refractivity contribution in [1.29, 1.82) is 0 Å². The van der Waals surface area contributed by atoms with Crippen LogP contribution in [0.25, 0.3) is 0 Å². The predicted molar refractivity (Wildman–Crippen MR) is 68.0 cm³/mol. The van der Waals surface area contributed by atoms with Gasteiger partial charge in [0.05, 0.1) is 18.8 Å². The van der Waals surface area contributed by atoms with Crippen molar-refractivity contribution in [2.75, 3.05) is 6.61 Å². The third-order valence-corrected chi connectivity index (χ3v) is 2.96. The largest absolute Gasteiger partial charge is 0.478 e. The molecular weight excluding hydrogens is 230 g/mol. The highest BCUT2D eigenvalue weighted by molar-refractivity contribution is 5.86. The molecule has 0 fully saturated rings. The first-order valence-corrected chi connectivity index (χ1v) is 6.06. The molecule has 1 heterocycles. The fraction of sp³-hybridized carbons (Fsp3) is 0.357. The molecule has 0 saturated heterocycles. The minimum absolute atomic E-state index is 0.205. The van der Waals surface area contributed by atoms with Gasteiger partial charge >= 0.3 is 5.97 Å². The average molecular weight is 247 g/mol. The van der Waals surface area contributed by atoms with Crippen molar-refractivity contribution in [2.24, 2.45) is 0 Å². The quantitative estimate of drug-likeness (QED) is 0.834. The number of hydrogen-bond acceptors (Lipinski definition) is 3. The zero-order chi connectivity index (χ0) is 12.8. The lowest BCUT2D eigenvalue weighted by Gasteiger charge is -2.22. The van der Waals surface area contributed by atoms with Crippen molar-refractivity contribution < 1.29 is 14.6 Å². The van der Waals surface area contributed by atoms with Gasteiger partial charge in [0.1, 0.15) is 0 Å². The second-order valence-electron chi connectivity index (χ2n) is 4.38. The SMILES string of the molecule is O=C(O)C1=CNC(COCc2ccccc2)CC1. The zero-order valence-corrected chi connectivity index (χ0v) is 10.1. The van der Waals surface area contributed by atoms with Crippen LogP contribution in [0.1, 0.15) is 18.4 Å². The summed E-state index contributed by atoms with van der Waals surface area (Å²) in [5.41, 5.74) is 1.59. The van der Waals surface area contributed by atoms with Crippen molar-refractivity contribution in [3.63, 3.8) is 0 Å². The molecule has 4 heteroatoms. The molecular formula is C14H17NO3. The third kappa shape index (κ3) is 3.60. The lowest BCUT2D eigenvalue weighted by Crippen LogP contribution is -2.33. The van der Waals surface area contributed by atoms with Crippen molar-refractivity contribution in [1.82, 2.24) is 5.32 Å². The average Bonchev–Trinajstić information content (AvgIpc) is 2.40. The predicted octanol–water partition coefficient (Wildman–Crippen LogP) is 1.92. The number of ether oxygens (including phenoxy) is 1. The number of nitrogens with one attached hydrogen (secondary N) is 1. The Labute approximate surface area is 106 Å². The van der Waals surface area contributed by atoms with Crippen LogP contribution in [0.5, 0.6) is 0 Å². The van der Waals surface area contributed by atoms with Gasteiger partial charge in [-0.2, -0.15) is 0 Å². The molecule has 0 aliphatic carbocycles. The minimum Gasteiger partial charge on any atom is -0.478 e. The first-order chi connectivity index (χ1) is 8.75. The Morgan fingerprint density at radius 2 is 2.17 bits per heavy atom. The van der Waals surface area contributed by atoms with Gasteiger partial charge in [0.25, 0.3) is 0 Å². The van der Waals surface area contributed by atoms with E-state index in [9.17, 15) is 4.79 Å². The van der Waals surface area contributed by atoms with E-state index < -0.39 is 5.97 Å². The summed E-state index contributed by atoms with van der Waals surface area (Å²) in [4.78, 5) is 10.7. The van der Waals surface area contributed by atoms with Crippen LogP contribution in [0.2, 0.25) is 0 Å². The van der Waals surface area contributed by atoms with Gasteiger partial charge < -0.3 is 15.2 Å². The van der Waals surface area contributed by atoms with Crippen LogP contribution in [0.15, 0.2) is 42.1 Å². The fourth-order valence-corrected chi connectivity index (χ4v) is 1.90. The van der Waals surface area contributed by atoms with Crippen LogP contribution in [-0.4, -0.2) is 23.7 Å². The van der Waals surface area contributed by atoms with Crippen LogP contribution in [0, 0.1) is 0 Å². The molecule has 1 aromatic rings. The lowest BCUT2D eigenvalue weighted by molar-refractivity contribution is -0.133. The topological polar surface area (TPSA) is 58.6 Å². The van der Waals surface area contributed by atoms with Crippen LogP contribution in [-0.2, 0) is 16.1 Å². The summed E-state index contributed by atoms with van der Waals surface area (Å²) in [7, 11) is 0. The maximum Gasteiger partial charge on any atom is 0.333 e. The Morgan fingerprint density at radius 1 is 1.39 bits per heavy atom. The zero-order valence-electron chi connectivity index (χ0n) is 10.1. The van der Waals surface area contributed by atoms with Crippen molar-refractivity contribution in [2.45, 2.75) is 25.5 Å². The number of benzene rings is 1. The summed E-state index contributed by atoms with van der Waals surface area (Å²) in [6.07, 6.45) is 2.98. The Bertz CT molecular complexity index is 428. The number of carbonyl (C=O) groups is 1. The number of hydrogen-bond donors (Lipinski definition) is 2. The van der Waals surface area contributed by atoms with Gasteiger partial charge in [-0.1, -0.05) is 30.3 Å². The molecule has 0 radical (unpaired) electrons. The number of carboxylic acids is 1. The van der Waals surface area contributed by atoms with Gasteiger partial charge in [0.15, 0.2) is 0 Å². The standard InChI is InChI=1S/C14H17NO3/c16-14(17)12-6-7-13(15-8-12)10-18-9-11-4-2-1-3-5-11/h1-5,8,13,15H,6-7,9-10H2,(H,16,17). The summed E-state index contributed by atoms with van der Waals surface area (Å²) in [5.74, 6) is -0.842. The van der Waals surface area contributed by atoms with Crippen LogP contribution in [0.4, 0.5) is 0 Å². The van der Waals surface area contributed by atoms with Gasteiger partial charge in [-0.3, -0.25) is 0 Å². The molecule has 1 unspecified atom stereocenters. The van der Waals surface area contributed by atoms with Gasteiger partial charge in [-0.15, -0.1) is 0 Å². The normalized spacial score (nSPS) is 18.9. The van der Waals surface area contributed by atoms with Crippen molar-refractivity contribution >= 4 is 5.97 Å². The summed E-state index contributed by atoms with van der Waals surface area (Å²) in [6.45, 7) is 1.19. The summed E-state index contributed by atoms with van der Waals surface area (Å²) in [5, 5.41) is 11.9. The van der Waals surface area contributed by atoms with Gasteiger partial charge in [-0.25, -0.2) is 4.79 Å². The Balaban J connectivity index is 1.71. The Kier molecular flexibility index (Phi) is 4.36. The molecule has 0 amide bonds. The third-order valence-electron chi connectivity index (χ3n) is 2.96. The molecule has 0 saturated carbocycles. The molecule has 1 aliphatic heterocycles. The van der Waals surface area contributed by atoms with Gasteiger partial charge in [0, 0.05) is 12.2 Å². The van der Waals surface area contributed by atoms with E-state index in [2.05, 4.69) is 5.32 Å². The molecule has 2 N–H and O–H groups in total. The summed E-state index contributed by atoms with van der Waals surface area (Å²) in [6, 6.07) is 10.2. The smallest absolute Gasteiger partial charge is 0.333 e. The van der Waals surface area contributed by atoms with Crippen LogP contribution in [0.3, 0.4) is 0 Å². The molecule has 0 aromatic heterocycles. The highest BCUT2D eigenvalue weighted by Gasteiger charge is 2.17. The highest BCUT2D eigenvalue weighted by Crippen LogP contribution is 2.13. The summed E-state index contributed by atoms with van der Waals surface area (Å²) < 4.78 is 5.62. The summed E-state index contributed by atoms with van der Waals surface area (Å²) >= 11 is 0. The van der Waals surface area contributed by atoms with E-state index in [1.807, 2.05) is 30.3 Å². The molecule has 1 aliphatic rings. The Hall–Kier alpha value is -1.81. The first-order valence-electron chi connectivity index (χ1n) is 6.06. The molecule has 1 atom stereocenters. The molecule has 18 heavy (non-hydrogen) atoms. The molecule has 4 nitrogen and oxygen atoms in total. The number of carboxylic acid groups (broad SMARTS) is 1. The van der Waals surface area contributed by atoms with E-state index in [0.717, 1.165) is 12.0 Å². The van der Waals surface area contributed by atoms with E-state index in [1.165, 1.54) is 0 Å². The molecule has 0 bridgehead atoms. The molecule has 1 aromatic carbocycles. The van der Waals surface area contributed by atoms with E-state index >= 15 is 0 Å². The first kappa shape index (κ1) is 12.6. The van der Waals surface area contributed by atoms with Crippen molar-refractivity contribution in [3.05, 3.63) is 47.7 Å². The van der Waals surface area contributed by atoms with Crippen LogP contribution >= 0.6 is 0 Å². The van der Waals surface area contributed by atoms with E-state index in [-0.39, 0.29) is 6.04 Å². The van der Waals surface area contributed by atoms with Crippen molar-refractivity contribution in [3.8, 4) is 0 Å². The second kappa shape index (κ2) is 6.21. The number of rotatable bonds is 5. The fourth-order valence-electron chi connectivity index (χ4n) is 1.90. The molecule has 0 spiro atoms. The second-order valence-corrected chi connectivity index (χ2v) is 4.38. The highest BCUT2D eigenvalue weighted by atomic mass is 16.5. The maximum atomic E-state index is 10.7. The molecule has 2 rings (SSSR count). The lowest BCUT2D eigenvalue weighted by atomic mass is 10.0. The molecule has 96 valence electrons. The van der Waals surface area contributed by atoms with E-state index in [1.54, 1.807) is 6.20 Å². The van der Waals surface area contributed by atoms with E-state index in [4.69, 9.17) is 9.84 Å². The Morgan fingerprint density at radius 3 is 2.78 bits per heavy atom. The maximum absolute atomic E-state index is 10.7. The van der Waals surface area contributed by atoms with Crippen LogP contribution < -0.4 is 5.32 Å². The number of aliphatic carboxylic acids is 1. The van der Waals surface area contributed by atoms with E-state index in [0.29, 0.717) is 25.2 Å². The van der Waals surface area contributed by atoms with Gasteiger partial charge in [-0.05, 0) is 18.4 Å².